The van der Waals surface area contributed by atoms with Gasteiger partial charge in [-0.2, -0.15) is 10.4 Å². The van der Waals surface area contributed by atoms with Crippen LogP contribution in [0.2, 0.25) is 0 Å². The molecule has 88 valence electrons. The Morgan fingerprint density at radius 2 is 2.12 bits per heavy atom. The molecule has 0 amide bonds. The number of ether oxygens (including phenoxy) is 1. The van der Waals surface area contributed by atoms with Gasteiger partial charge in [-0.1, -0.05) is 18.2 Å². The van der Waals surface area contributed by atoms with Crippen molar-refractivity contribution in [3.8, 4) is 6.07 Å². The van der Waals surface area contributed by atoms with Crippen LogP contribution in [0.3, 0.4) is 0 Å². The molecule has 0 bridgehead atoms. The molecule has 1 aromatic rings. The highest BCUT2D eigenvalue weighted by atomic mass is 16.5. The van der Waals surface area contributed by atoms with Crippen molar-refractivity contribution >= 4 is 17.4 Å². The predicted molar refractivity (Wildman–Crippen MR) is 64.5 cm³/mol. The van der Waals surface area contributed by atoms with Crippen LogP contribution in [-0.4, -0.2) is 25.3 Å². The van der Waals surface area contributed by atoms with Gasteiger partial charge in [0.15, 0.2) is 0 Å². The summed E-state index contributed by atoms with van der Waals surface area (Å²) in [6.07, 6.45) is 0. The second-order valence-electron chi connectivity index (χ2n) is 3.14. The van der Waals surface area contributed by atoms with E-state index in [1.165, 1.54) is 5.01 Å². The minimum atomic E-state index is -0.710. The van der Waals surface area contributed by atoms with Gasteiger partial charge in [-0.25, -0.2) is 4.79 Å². The Kier molecular flexibility index (Phi) is 4.70. The van der Waals surface area contributed by atoms with E-state index in [0.29, 0.717) is 0 Å². The quantitative estimate of drug-likeness (QED) is 0.448. The summed E-state index contributed by atoms with van der Waals surface area (Å²) in [5, 5.41) is 14.2. The number of hydrogen-bond acceptors (Lipinski definition) is 5. The molecule has 0 fully saturated rings. The lowest BCUT2D eigenvalue weighted by Gasteiger charge is -2.12. The number of para-hydroxylation sites is 1. The predicted octanol–water partition coefficient (Wildman–Crippen LogP) is 1.57. The van der Waals surface area contributed by atoms with E-state index < -0.39 is 5.97 Å². The first-order chi connectivity index (χ1) is 8.19. The Hall–Kier alpha value is -2.35. The van der Waals surface area contributed by atoms with Crippen molar-refractivity contribution < 1.29 is 9.53 Å². The summed E-state index contributed by atoms with van der Waals surface area (Å²) in [6, 6.07) is 10.9. The molecule has 5 heteroatoms. The minimum Gasteiger partial charge on any atom is -0.461 e. The van der Waals surface area contributed by atoms with Crippen LogP contribution in [0, 0.1) is 11.3 Å². The van der Waals surface area contributed by atoms with Gasteiger partial charge in [-0.3, -0.25) is 5.01 Å². The maximum absolute atomic E-state index is 11.3. The van der Waals surface area contributed by atoms with E-state index in [-0.39, 0.29) is 12.3 Å². The largest absolute Gasteiger partial charge is 0.461 e. The molecule has 0 atom stereocenters. The van der Waals surface area contributed by atoms with E-state index in [9.17, 15) is 4.79 Å². The summed E-state index contributed by atoms with van der Waals surface area (Å²) in [5.74, 6) is -0.710. The third-order valence-electron chi connectivity index (χ3n) is 1.95. The third-order valence-corrected chi connectivity index (χ3v) is 1.95. The van der Waals surface area contributed by atoms with E-state index >= 15 is 0 Å². The summed E-state index contributed by atoms with van der Waals surface area (Å²) in [5.41, 5.74) is 0.516. The van der Waals surface area contributed by atoms with Crippen LogP contribution < -0.4 is 5.01 Å². The van der Waals surface area contributed by atoms with Gasteiger partial charge in [-0.15, -0.1) is 0 Å². The standard InChI is InChI=1S/C12H13N3O2/c1-3-17-12(16)11(9-13)14-15(2)10-7-5-4-6-8-10/h4-8H,3H2,1-2H3. The number of benzene rings is 1. The monoisotopic (exact) mass is 231 g/mol. The van der Waals surface area contributed by atoms with E-state index in [4.69, 9.17) is 10.00 Å². The summed E-state index contributed by atoms with van der Waals surface area (Å²) in [7, 11) is 1.66. The summed E-state index contributed by atoms with van der Waals surface area (Å²) in [4.78, 5) is 11.3. The Morgan fingerprint density at radius 3 is 2.65 bits per heavy atom. The molecule has 0 saturated carbocycles. The number of nitriles is 1. The van der Waals surface area contributed by atoms with Crippen molar-refractivity contribution in [2.45, 2.75) is 6.92 Å². The number of hydrazone groups is 1. The second-order valence-corrected chi connectivity index (χ2v) is 3.14. The lowest BCUT2D eigenvalue weighted by molar-refractivity contribution is -0.134. The van der Waals surface area contributed by atoms with Crippen LogP contribution in [0.15, 0.2) is 35.4 Å². The molecule has 0 aromatic heterocycles. The van der Waals surface area contributed by atoms with E-state index in [1.54, 1.807) is 20.0 Å². The number of nitrogens with zero attached hydrogens (tertiary/aromatic N) is 3. The van der Waals surface area contributed by atoms with E-state index in [0.717, 1.165) is 5.69 Å². The Balaban J connectivity index is 2.86. The fraction of sp³-hybridized carbons (Fsp3) is 0.250. The van der Waals surface area contributed by atoms with Gasteiger partial charge < -0.3 is 4.74 Å². The smallest absolute Gasteiger partial charge is 0.369 e. The number of carbonyl (C=O) groups is 1. The minimum absolute atomic E-state index is 0.217. The molecule has 0 heterocycles. The van der Waals surface area contributed by atoms with Crippen LogP contribution in [-0.2, 0) is 9.53 Å². The molecule has 0 aliphatic carbocycles. The first kappa shape index (κ1) is 12.7. The number of hydrogen-bond donors (Lipinski definition) is 0. The van der Waals surface area contributed by atoms with Gasteiger partial charge in [0, 0.05) is 7.05 Å². The lowest BCUT2D eigenvalue weighted by atomic mass is 10.3. The maximum Gasteiger partial charge on any atom is 0.369 e. The van der Waals surface area contributed by atoms with Gasteiger partial charge in [0.25, 0.3) is 0 Å². The van der Waals surface area contributed by atoms with Crippen molar-refractivity contribution in [1.29, 1.82) is 5.26 Å². The number of esters is 1. The molecule has 0 unspecified atom stereocenters. The summed E-state index contributed by atoms with van der Waals surface area (Å²) < 4.78 is 4.71. The average molecular weight is 231 g/mol. The normalized spacial score (nSPS) is 10.5. The highest BCUT2D eigenvalue weighted by molar-refractivity contribution is 6.43. The van der Waals surface area contributed by atoms with Crippen molar-refractivity contribution in [2.24, 2.45) is 5.10 Å². The zero-order valence-electron chi connectivity index (χ0n) is 9.75. The highest BCUT2D eigenvalue weighted by Gasteiger charge is 2.13. The lowest BCUT2D eigenvalue weighted by Crippen LogP contribution is -2.21. The first-order valence-corrected chi connectivity index (χ1v) is 5.13. The molecule has 5 nitrogen and oxygen atoms in total. The zero-order chi connectivity index (χ0) is 12.7. The molecule has 0 aliphatic rings. The van der Waals surface area contributed by atoms with Gasteiger partial charge in [0.05, 0.1) is 12.3 Å². The fourth-order valence-corrected chi connectivity index (χ4v) is 1.16. The highest BCUT2D eigenvalue weighted by Crippen LogP contribution is 2.11. The fourth-order valence-electron chi connectivity index (χ4n) is 1.16. The van der Waals surface area contributed by atoms with Crippen LogP contribution in [0.4, 0.5) is 5.69 Å². The number of anilines is 1. The molecule has 0 aliphatic heterocycles. The molecule has 0 spiro atoms. The average Bonchev–Trinajstić information content (AvgIpc) is 2.37. The Morgan fingerprint density at radius 1 is 1.47 bits per heavy atom. The van der Waals surface area contributed by atoms with Crippen molar-refractivity contribution in [2.75, 3.05) is 18.7 Å². The SMILES string of the molecule is CCOC(=O)C(C#N)=NN(C)c1ccccc1. The van der Waals surface area contributed by atoms with Crippen molar-refractivity contribution in [3.63, 3.8) is 0 Å². The molecular formula is C12H13N3O2. The van der Waals surface area contributed by atoms with Gasteiger partial charge in [0.2, 0.25) is 5.71 Å². The van der Waals surface area contributed by atoms with Crippen LogP contribution in [0.25, 0.3) is 0 Å². The first-order valence-electron chi connectivity index (χ1n) is 5.13. The van der Waals surface area contributed by atoms with Gasteiger partial charge >= 0.3 is 5.97 Å². The molecule has 1 aromatic carbocycles. The Labute approximate surface area is 99.9 Å². The molecular weight excluding hydrogens is 218 g/mol. The number of carbonyl (C=O) groups excluding carboxylic acids is 1. The van der Waals surface area contributed by atoms with Crippen molar-refractivity contribution in [3.05, 3.63) is 30.3 Å². The molecule has 17 heavy (non-hydrogen) atoms. The van der Waals surface area contributed by atoms with Crippen molar-refractivity contribution in [1.82, 2.24) is 0 Å². The van der Waals surface area contributed by atoms with Crippen LogP contribution >= 0.6 is 0 Å². The Bertz CT molecular complexity index is 449. The number of rotatable bonds is 4. The second kappa shape index (κ2) is 6.28. The van der Waals surface area contributed by atoms with Gasteiger partial charge in [-0.05, 0) is 19.1 Å². The third kappa shape index (κ3) is 3.61. The van der Waals surface area contributed by atoms with Crippen LogP contribution in [0.1, 0.15) is 6.92 Å². The molecule has 1 rings (SSSR count). The molecule has 0 N–H and O–H groups in total. The zero-order valence-corrected chi connectivity index (χ0v) is 9.75. The molecule has 0 radical (unpaired) electrons. The topological polar surface area (TPSA) is 65.7 Å². The van der Waals surface area contributed by atoms with E-state index in [2.05, 4.69) is 5.10 Å². The molecule has 0 saturated heterocycles. The summed E-state index contributed by atoms with van der Waals surface area (Å²) in [6.45, 7) is 1.89. The summed E-state index contributed by atoms with van der Waals surface area (Å²) >= 11 is 0. The van der Waals surface area contributed by atoms with Crippen LogP contribution in [0.5, 0.6) is 0 Å². The maximum atomic E-state index is 11.3. The van der Waals surface area contributed by atoms with Gasteiger partial charge in [0.1, 0.15) is 6.07 Å². The van der Waals surface area contributed by atoms with E-state index in [1.807, 2.05) is 30.3 Å².